The fourth-order valence-electron chi connectivity index (χ4n) is 2.41. The first kappa shape index (κ1) is 10.2. The quantitative estimate of drug-likeness (QED) is 0.763. The summed E-state index contributed by atoms with van der Waals surface area (Å²) in [5.74, 6) is 1.03. The van der Waals surface area contributed by atoms with Gasteiger partial charge < -0.3 is 5.11 Å². The molecule has 0 aromatic heterocycles. The van der Waals surface area contributed by atoms with Gasteiger partial charge in [0.1, 0.15) is 11.5 Å². The van der Waals surface area contributed by atoms with Gasteiger partial charge in [-0.15, -0.1) is 0 Å². The summed E-state index contributed by atoms with van der Waals surface area (Å²) in [5, 5.41) is 9.41. The summed E-state index contributed by atoms with van der Waals surface area (Å²) in [4.78, 5) is 11.6. The number of aromatic hydroxyl groups is 1. The van der Waals surface area contributed by atoms with E-state index in [0.29, 0.717) is 11.7 Å². The van der Waals surface area contributed by atoms with Crippen molar-refractivity contribution in [2.24, 2.45) is 5.92 Å². The second kappa shape index (κ2) is 4.05. The summed E-state index contributed by atoms with van der Waals surface area (Å²) < 4.78 is 0. The average Bonchev–Trinajstić information content (AvgIpc) is 2.22. The fraction of sp³-hybridized carbons (Fsp3) is 0.462. The van der Waals surface area contributed by atoms with Crippen LogP contribution in [0.15, 0.2) is 24.3 Å². The minimum Gasteiger partial charge on any atom is -0.508 e. The molecule has 0 saturated heterocycles. The van der Waals surface area contributed by atoms with E-state index in [1.54, 1.807) is 12.1 Å². The minimum atomic E-state index is 0.0977. The van der Waals surface area contributed by atoms with Gasteiger partial charge in [0.2, 0.25) is 0 Å². The molecule has 1 aromatic carbocycles. The van der Waals surface area contributed by atoms with Gasteiger partial charge in [0.15, 0.2) is 0 Å². The van der Waals surface area contributed by atoms with Gasteiger partial charge in [-0.05, 0) is 36.5 Å². The van der Waals surface area contributed by atoms with E-state index in [9.17, 15) is 9.90 Å². The first-order valence-corrected chi connectivity index (χ1v) is 5.50. The van der Waals surface area contributed by atoms with E-state index in [4.69, 9.17) is 0 Å². The summed E-state index contributed by atoms with van der Waals surface area (Å²) in [6.45, 7) is 2.00. The molecule has 0 aliphatic heterocycles. The predicted octanol–water partition coefficient (Wildman–Crippen LogP) is 2.86. The van der Waals surface area contributed by atoms with Crippen molar-refractivity contribution in [3.63, 3.8) is 0 Å². The van der Waals surface area contributed by atoms with Gasteiger partial charge in [-0.3, -0.25) is 4.79 Å². The molecule has 0 radical (unpaired) electrons. The van der Waals surface area contributed by atoms with E-state index < -0.39 is 0 Å². The highest BCUT2D eigenvalue weighted by molar-refractivity contribution is 5.82. The first-order chi connectivity index (χ1) is 7.18. The number of Topliss-reactive ketones (excluding diaryl/α,β-unsaturated/α-hetero) is 1. The van der Waals surface area contributed by atoms with Crippen molar-refractivity contribution in [2.75, 3.05) is 0 Å². The number of carbonyl (C=O) groups is 1. The van der Waals surface area contributed by atoms with Crippen molar-refractivity contribution in [1.29, 1.82) is 0 Å². The molecule has 0 heterocycles. The number of carbonyl (C=O) groups excluding carboxylic acids is 1. The Morgan fingerprint density at radius 1 is 1.40 bits per heavy atom. The lowest BCUT2D eigenvalue weighted by atomic mass is 9.76. The Morgan fingerprint density at radius 2 is 2.20 bits per heavy atom. The normalized spacial score (nSPS) is 26.6. The molecule has 1 aliphatic rings. The molecule has 2 nitrogen and oxygen atoms in total. The van der Waals surface area contributed by atoms with E-state index >= 15 is 0 Å². The van der Waals surface area contributed by atoms with Crippen LogP contribution < -0.4 is 0 Å². The zero-order valence-electron chi connectivity index (χ0n) is 8.94. The zero-order chi connectivity index (χ0) is 10.8. The van der Waals surface area contributed by atoms with Crippen LogP contribution in [-0.2, 0) is 4.79 Å². The highest BCUT2D eigenvalue weighted by Crippen LogP contribution is 2.36. The second-order valence-electron chi connectivity index (χ2n) is 4.35. The third kappa shape index (κ3) is 2.04. The predicted molar refractivity (Wildman–Crippen MR) is 58.9 cm³/mol. The monoisotopic (exact) mass is 204 g/mol. The van der Waals surface area contributed by atoms with Gasteiger partial charge in [0.05, 0.1) is 0 Å². The average molecular weight is 204 g/mol. The Balaban J connectivity index is 2.26. The summed E-state index contributed by atoms with van der Waals surface area (Å²) in [7, 11) is 0. The Kier molecular flexibility index (Phi) is 2.76. The largest absolute Gasteiger partial charge is 0.508 e. The van der Waals surface area contributed by atoms with Crippen LogP contribution in [0.5, 0.6) is 5.75 Å². The van der Waals surface area contributed by atoms with Crippen LogP contribution >= 0.6 is 0 Å². The van der Waals surface area contributed by atoms with Crippen LogP contribution in [0.1, 0.15) is 37.7 Å². The van der Waals surface area contributed by atoms with E-state index in [1.807, 2.05) is 19.1 Å². The molecule has 0 unspecified atom stereocenters. The van der Waals surface area contributed by atoms with Crippen molar-refractivity contribution in [2.45, 2.75) is 32.1 Å². The molecule has 0 bridgehead atoms. The van der Waals surface area contributed by atoms with Crippen LogP contribution in [0.3, 0.4) is 0 Å². The number of ketones is 1. The molecule has 1 N–H and O–H groups in total. The Hall–Kier alpha value is -1.31. The number of hydrogen-bond donors (Lipinski definition) is 1. The third-order valence-corrected chi connectivity index (χ3v) is 3.35. The van der Waals surface area contributed by atoms with Crippen molar-refractivity contribution < 1.29 is 9.90 Å². The molecule has 1 aliphatic carbocycles. The molecule has 1 aromatic rings. The molecule has 15 heavy (non-hydrogen) atoms. The number of phenolic OH excluding ortho intramolecular Hbond substituents is 1. The smallest absolute Gasteiger partial charge is 0.136 e. The summed E-state index contributed by atoms with van der Waals surface area (Å²) in [6, 6.07) is 7.29. The highest BCUT2D eigenvalue weighted by Gasteiger charge is 2.29. The molecule has 2 rings (SSSR count). The number of hydrogen-bond acceptors (Lipinski definition) is 2. The van der Waals surface area contributed by atoms with Gasteiger partial charge in [-0.2, -0.15) is 0 Å². The van der Waals surface area contributed by atoms with Crippen LogP contribution in [0, 0.1) is 5.92 Å². The van der Waals surface area contributed by atoms with E-state index in [-0.39, 0.29) is 11.7 Å². The SMILES string of the molecule is C[C@@H]1C(=O)CCC[C@H]1c1cccc(O)c1. The molecular formula is C13H16O2. The van der Waals surface area contributed by atoms with E-state index in [0.717, 1.165) is 24.8 Å². The molecule has 1 fully saturated rings. The third-order valence-electron chi connectivity index (χ3n) is 3.35. The molecular weight excluding hydrogens is 188 g/mol. The molecule has 0 spiro atoms. The molecule has 1 saturated carbocycles. The lowest BCUT2D eigenvalue weighted by molar-refractivity contribution is -0.124. The second-order valence-corrected chi connectivity index (χ2v) is 4.35. The van der Waals surface area contributed by atoms with Crippen molar-refractivity contribution >= 4 is 5.78 Å². The standard InChI is InChI=1S/C13H16O2/c1-9-12(6-3-7-13(9)15)10-4-2-5-11(14)8-10/h2,4-5,8-9,12,14H,3,6-7H2,1H3/t9-,12+/m0/s1. The van der Waals surface area contributed by atoms with Crippen LogP contribution in [0.25, 0.3) is 0 Å². The summed E-state index contributed by atoms with van der Waals surface area (Å²) >= 11 is 0. The van der Waals surface area contributed by atoms with Crippen LogP contribution in [0.4, 0.5) is 0 Å². The van der Waals surface area contributed by atoms with Gasteiger partial charge in [0, 0.05) is 12.3 Å². The Morgan fingerprint density at radius 3 is 2.93 bits per heavy atom. The highest BCUT2D eigenvalue weighted by atomic mass is 16.3. The Bertz CT molecular complexity index is 371. The van der Waals surface area contributed by atoms with E-state index in [2.05, 4.69) is 0 Å². The summed E-state index contributed by atoms with van der Waals surface area (Å²) in [5.41, 5.74) is 1.09. The fourth-order valence-corrected chi connectivity index (χ4v) is 2.41. The summed E-state index contributed by atoms with van der Waals surface area (Å²) in [6.07, 6.45) is 2.75. The maximum Gasteiger partial charge on any atom is 0.136 e. The van der Waals surface area contributed by atoms with Crippen molar-refractivity contribution in [1.82, 2.24) is 0 Å². The number of rotatable bonds is 1. The lowest BCUT2D eigenvalue weighted by Gasteiger charge is -2.27. The number of phenols is 1. The molecule has 2 atom stereocenters. The maximum atomic E-state index is 11.6. The van der Waals surface area contributed by atoms with Crippen molar-refractivity contribution in [3.8, 4) is 5.75 Å². The van der Waals surface area contributed by atoms with Gasteiger partial charge in [-0.1, -0.05) is 19.1 Å². The van der Waals surface area contributed by atoms with Crippen molar-refractivity contribution in [3.05, 3.63) is 29.8 Å². The van der Waals surface area contributed by atoms with E-state index in [1.165, 1.54) is 0 Å². The van der Waals surface area contributed by atoms with Gasteiger partial charge in [0.25, 0.3) is 0 Å². The zero-order valence-corrected chi connectivity index (χ0v) is 8.94. The molecule has 0 amide bonds. The van der Waals surface area contributed by atoms with Gasteiger partial charge >= 0.3 is 0 Å². The molecule has 80 valence electrons. The maximum absolute atomic E-state index is 11.6. The molecule has 2 heteroatoms. The Labute approximate surface area is 89.9 Å². The van der Waals surface area contributed by atoms with Crippen LogP contribution in [-0.4, -0.2) is 10.9 Å². The van der Waals surface area contributed by atoms with Gasteiger partial charge in [-0.25, -0.2) is 0 Å². The first-order valence-electron chi connectivity index (χ1n) is 5.50. The number of benzene rings is 1. The lowest BCUT2D eigenvalue weighted by Crippen LogP contribution is -2.24. The van der Waals surface area contributed by atoms with Crippen LogP contribution in [0.2, 0.25) is 0 Å². The topological polar surface area (TPSA) is 37.3 Å². The minimum absolute atomic E-state index is 0.0977.